The molecule has 1 aromatic heterocycles. The van der Waals surface area contributed by atoms with Crippen molar-refractivity contribution in [2.75, 3.05) is 12.8 Å². The van der Waals surface area contributed by atoms with E-state index in [0.29, 0.717) is 30.2 Å². The Bertz CT molecular complexity index is 339. The van der Waals surface area contributed by atoms with E-state index in [2.05, 4.69) is 9.97 Å². The summed E-state index contributed by atoms with van der Waals surface area (Å²) in [6.07, 6.45) is 3.73. The first kappa shape index (κ1) is 10.2. The molecule has 0 aromatic carbocycles. The molecule has 15 heavy (non-hydrogen) atoms. The van der Waals surface area contributed by atoms with Crippen LogP contribution < -0.4 is 10.5 Å². The Morgan fingerprint density at radius 1 is 1.47 bits per heavy atom. The van der Waals surface area contributed by atoms with Crippen molar-refractivity contribution in [3.63, 3.8) is 0 Å². The van der Waals surface area contributed by atoms with Crippen molar-refractivity contribution >= 4 is 5.82 Å². The molecule has 1 heterocycles. The molecule has 0 radical (unpaired) electrons. The first-order valence-electron chi connectivity index (χ1n) is 5.07. The normalized spacial score (nSPS) is 16.1. The summed E-state index contributed by atoms with van der Waals surface area (Å²) < 4.78 is 10.6. The van der Waals surface area contributed by atoms with Gasteiger partial charge in [0.25, 0.3) is 0 Å². The van der Waals surface area contributed by atoms with Gasteiger partial charge in [0.2, 0.25) is 5.88 Å². The number of aromatic nitrogens is 2. The van der Waals surface area contributed by atoms with Gasteiger partial charge in [-0.15, -0.1) is 0 Å². The van der Waals surface area contributed by atoms with Crippen molar-refractivity contribution in [1.82, 2.24) is 9.97 Å². The lowest BCUT2D eigenvalue weighted by molar-refractivity contribution is 0.112. The summed E-state index contributed by atoms with van der Waals surface area (Å²) in [5.74, 6) is 1.54. The Labute approximate surface area is 88.6 Å². The molecule has 1 aliphatic rings. The van der Waals surface area contributed by atoms with Gasteiger partial charge >= 0.3 is 0 Å². The van der Waals surface area contributed by atoms with Gasteiger partial charge in [-0.3, -0.25) is 0 Å². The topological polar surface area (TPSA) is 70.3 Å². The van der Waals surface area contributed by atoms with E-state index < -0.39 is 0 Å². The number of hydrogen-bond donors (Lipinski definition) is 1. The fourth-order valence-corrected chi connectivity index (χ4v) is 1.41. The second-order valence-corrected chi connectivity index (χ2v) is 3.65. The third-order valence-corrected chi connectivity index (χ3v) is 2.38. The average Bonchev–Trinajstić information content (AvgIpc) is 2.11. The molecule has 0 unspecified atom stereocenters. The Balaban J connectivity index is 2.07. The lowest BCUT2D eigenvalue weighted by Gasteiger charge is -2.25. The number of nitrogens with zero attached hydrogens (tertiary/aromatic N) is 2. The fourth-order valence-electron chi connectivity index (χ4n) is 1.41. The van der Waals surface area contributed by atoms with Gasteiger partial charge in [-0.25, -0.2) is 4.98 Å². The van der Waals surface area contributed by atoms with Gasteiger partial charge in [0.1, 0.15) is 18.5 Å². The third kappa shape index (κ3) is 2.56. The maximum Gasteiger partial charge on any atom is 0.219 e. The second kappa shape index (κ2) is 4.44. The van der Waals surface area contributed by atoms with Crippen molar-refractivity contribution in [2.24, 2.45) is 0 Å². The molecule has 0 bridgehead atoms. The van der Waals surface area contributed by atoms with E-state index in [-0.39, 0.29) is 0 Å². The van der Waals surface area contributed by atoms with Gasteiger partial charge in [-0.05, 0) is 19.3 Å². The smallest absolute Gasteiger partial charge is 0.219 e. The van der Waals surface area contributed by atoms with Gasteiger partial charge in [0, 0.05) is 13.2 Å². The fraction of sp³-hybridized carbons (Fsp3) is 0.600. The summed E-state index contributed by atoms with van der Waals surface area (Å²) in [6, 6.07) is 1.65. The van der Waals surface area contributed by atoms with Crippen LogP contribution in [0, 0.1) is 0 Å². The Morgan fingerprint density at radius 3 is 2.87 bits per heavy atom. The number of anilines is 1. The van der Waals surface area contributed by atoms with Crippen molar-refractivity contribution in [1.29, 1.82) is 0 Å². The monoisotopic (exact) mass is 209 g/mol. The van der Waals surface area contributed by atoms with E-state index >= 15 is 0 Å². The van der Waals surface area contributed by atoms with Gasteiger partial charge in [0.05, 0.1) is 0 Å². The van der Waals surface area contributed by atoms with Crippen LogP contribution in [-0.4, -0.2) is 23.2 Å². The van der Waals surface area contributed by atoms with Crippen LogP contribution in [0.15, 0.2) is 6.07 Å². The Kier molecular flexibility index (Phi) is 3.01. The van der Waals surface area contributed by atoms with Crippen molar-refractivity contribution in [3.05, 3.63) is 11.9 Å². The average molecular weight is 209 g/mol. The quantitative estimate of drug-likeness (QED) is 0.805. The highest BCUT2D eigenvalue weighted by molar-refractivity contribution is 5.32. The minimum atomic E-state index is 0.301. The SMILES string of the molecule is COCc1nc(N)cc(OC2CCC2)n1. The number of nitrogens with two attached hydrogens (primary N) is 1. The van der Waals surface area contributed by atoms with E-state index in [1.54, 1.807) is 13.2 Å². The highest BCUT2D eigenvalue weighted by atomic mass is 16.5. The summed E-state index contributed by atoms with van der Waals surface area (Å²) in [6.45, 7) is 0.353. The predicted octanol–water partition coefficient (Wildman–Crippen LogP) is 1.14. The Hall–Kier alpha value is -1.36. The lowest BCUT2D eigenvalue weighted by Crippen LogP contribution is -2.25. The molecule has 1 aliphatic carbocycles. The van der Waals surface area contributed by atoms with Crippen LogP contribution in [0.1, 0.15) is 25.1 Å². The zero-order valence-corrected chi connectivity index (χ0v) is 8.77. The summed E-state index contributed by atoms with van der Waals surface area (Å²) in [7, 11) is 1.60. The largest absolute Gasteiger partial charge is 0.474 e. The third-order valence-electron chi connectivity index (χ3n) is 2.38. The lowest BCUT2D eigenvalue weighted by atomic mass is 9.96. The van der Waals surface area contributed by atoms with Crippen LogP contribution in [0.2, 0.25) is 0 Å². The maximum absolute atomic E-state index is 5.64. The van der Waals surface area contributed by atoms with Crippen LogP contribution in [0.3, 0.4) is 0 Å². The molecule has 1 aromatic rings. The standard InChI is InChI=1S/C10H15N3O2/c1-14-6-9-12-8(11)5-10(13-9)15-7-3-2-4-7/h5,7H,2-4,6H2,1H3,(H2,11,12,13). The van der Waals surface area contributed by atoms with Crippen LogP contribution in [0.4, 0.5) is 5.82 Å². The molecule has 2 N–H and O–H groups in total. The molecule has 0 aliphatic heterocycles. The summed E-state index contributed by atoms with van der Waals surface area (Å²) in [4.78, 5) is 8.24. The minimum absolute atomic E-state index is 0.301. The molecule has 1 fully saturated rings. The molecule has 2 rings (SSSR count). The van der Waals surface area contributed by atoms with E-state index in [1.165, 1.54) is 6.42 Å². The van der Waals surface area contributed by atoms with Gasteiger partial charge in [0.15, 0.2) is 5.82 Å². The van der Waals surface area contributed by atoms with Gasteiger partial charge in [-0.1, -0.05) is 0 Å². The van der Waals surface area contributed by atoms with E-state index in [4.69, 9.17) is 15.2 Å². The minimum Gasteiger partial charge on any atom is -0.474 e. The first-order chi connectivity index (χ1) is 7.28. The zero-order chi connectivity index (χ0) is 10.7. The van der Waals surface area contributed by atoms with Crippen LogP contribution in [0.25, 0.3) is 0 Å². The number of hydrogen-bond acceptors (Lipinski definition) is 5. The number of ether oxygens (including phenoxy) is 2. The van der Waals surface area contributed by atoms with E-state index in [9.17, 15) is 0 Å². The van der Waals surface area contributed by atoms with Crippen molar-refractivity contribution in [2.45, 2.75) is 32.0 Å². The van der Waals surface area contributed by atoms with Crippen molar-refractivity contribution in [3.8, 4) is 5.88 Å². The van der Waals surface area contributed by atoms with Crippen LogP contribution in [0.5, 0.6) is 5.88 Å². The molecule has 0 atom stereocenters. The maximum atomic E-state index is 5.64. The van der Waals surface area contributed by atoms with Gasteiger partial charge in [-0.2, -0.15) is 4.98 Å². The highest BCUT2D eigenvalue weighted by Gasteiger charge is 2.20. The molecule has 5 heteroatoms. The number of methoxy groups -OCH3 is 1. The molecule has 82 valence electrons. The van der Waals surface area contributed by atoms with Crippen molar-refractivity contribution < 1.29 is 9.47 Å². The molecular formula is C10H15N3O2. The molecule has 1 saturated carbocycles. The molecular weight excluding hydrogens is 194 g/mol. The number of rotatable bonds is 4. The first-order valence-corrected chi connectivity index (χ1v) is 5.07. The van der Waals surface area contributed by atoms with Gasteiger partial charge < -0.3 is 15.2 Å². The molecule has 5 nitrogen and oxygen atoms in total. The predicted molar refractivity (Wildman–Crippen MR) is 55.4 cm³/mol. The van der Waals surface area contributed by atoms with E-state index in [0.717, 1.165) is 12.8 Å². The highest BCUT2D eigenvalue weighted by Crippen LogP contribution is 2.24. The zero-order valence-electron chi connectivity index (χ0n) is 8.77. The van der Waals surface area contributed by atoms with Crippen LogP contribution >= 0.6 is 0 Å². The second-order valence-electron chi connectivity index (χ2n) is 3.65. The number of nitrogen functional groups attached to an aromatic ring is 1. The Morgan fingerprint density at radius 2 is 2.27 bits per heavy atom. The summed E-state index contributed by atoms with van der Waals surface area (Å²) in [5.41, 5.74) is 5.64. The molecule has 0 saturated heterocycles. The molecule has 0 amide bonds. The van der Waals surface area contributed by atoms with Crippen LogP contribution in [-0.2, 0) is 11.3 Å². The van der Waals surface area contributed by atoms with E-state index in [1.807, 2.05) is 0 Å². The summed E-state index contributed by atoms with van der Waals surface area (Å²) >= 11 is 0. The molecule has 0 spiro atoms. The summed E-state index contributed by atoms with van der Waals surface area (Å²) in [5, 5.41) is 0.